The summed E-state index contributed by atoms with van der Waals surface area (Å²) in [6.45, 7) is 4.26. The van der Waals surface area contributed by atoms with Gasteiger partial charge in [0.05, 0.1) is 16.7 Å². The van der Waals surface area contributed by atoms with Gasteiger partial charge in [0.15, 0.2) is 0 Å². The van der Waals surface area contributed by atoms with Gasteiger partial charge in [0, 0.05) is 6.04 Å². The Hall–Kier alpha value is -1.64. The Kier molecular flexibility index (Phi) is 2.06. The third-order valence-electron chi connectivity index (χ3n) is 3.18. The Balaban J connectivity index is 2.00. The first-order valence-electron chi connectivity index (χ1n) is 5.74. The highest BCUT2D eigenvalue weighted by Crippen LogP contribution is 2.32. The average molecular weight is 213 g/mol. The number of aromatic nitrogens is 2. The predicted octanol–water partition coefficient (Wildman–Crippen LogP) is 2.76. The summed E-state index contributed by atoms with van der Waals surface area (Å²) in [5.74, 6) is 1.71. The zero-order chi connectivity index (χ0) is 11.1. The molecule has 0 radical (unpaired) electrons. The first kappa shape index (κ1) is 9.58. The Bertz CT molecular complexity index is 536. The second kappa shape index (κ2) is 3.44. The maximum atomic E-state index is 4.62. The number of fused-ring (bicyclic) bond motifs is 1. The van der Waals surface area contributed by atoms with Crippen LogP contribution in [-0.4, -0.2) is 16.0 Å². The molecule has 1 aromatic carbocycles. The first-order chi connectivity index (χ1) is 7.74. The average Bonchev–Trinajstić information content (AvgIpc) is 2.95. The molecule has 0 spiro atoms. The molecule has 1 aliphatic carbocycles. The lowest BCUT2D eigenvalue weighted by Gasteiger charge is -2.08. The van der Waals surface area contributed by atoms with E-state index in [9.17, 15) is 0 Å². The lowest BCUT2D eigenvalue weighted by molar-refractivity contribution is 0.920. The second-order valence-corrected chi connectivity index (χ2v) is 4.61. The smallest absolute Gasteiger partial charge is 0.148 e. The highest BCUT2D eigenvalue weighted by molar-refractivity contribution is 5.76. The van der Waals surface area contributed by atoms with Crippen LogP contribution >= 0.6 is 0 Å². The number of benzene rings is 1. The van der Waals surface area contributed by atoms with Gasteiger partial charge in [-0.2, -0.15) is 0 Å². The van der Waals surface area contributed by atoms with Crippen molar-refractivity contribution >= 4 is 16.9 Å². The maximum Gasteiger partial charge on any atom is 0.148 e. The minimum Gasteiger partial charge on any atom is -0.366 e. The molecule has 1 saturated carbocycles. The summed E-state index contributed by atoms with van der Waals surface area (Å²) in [7, 11) is 0. The fourth-order valence-electron chi connectivity index (χ4n) is 1.92. The van der Waals surface area contributed by atoms with Crippen molar-refractivity contribution in [2.45, 2.75) is 26.3 Å². The SMILES string of the molecule is Cc1nc2ccccc2nc1NC1CC1C. The molecule has 1 N–H and O–H groups in total. The first-order valence-corrected chi connectivity index (χ1v) is 5.74. The molecule has 1 fully saturated rings. The van der Waals surface area contributed by atoms with Gasteiger partial charge in [-0.3, -0.25) is 0 Å². The Labute approximate surface area is 94.9 Å². The lowest BCUT2D eigenvalue weighted by atomic mass is 10.3. The van der Waals surface area contributed by atoms with Crippen LogP contribution in [0.15, 0.2) is 24.3 Å². The molecule has 1 heterocycles. The van der Waals surface area contributed by atoms with E-state index in [0.29, 0.717) is 6.04 Å². The fraction of sp³-hybridized carbons (Fsp3) is 0.385. The summed E-state index contributed by atoms with van der Waals surface area (Å²) in [6, 6.07) is 8.58. The molecule has 2 atom stereocenters. The highest BCUT2D eigenvalue weighted by atomic mass is 15.1. The van der Waals surface area contributed by atoms with Gasteiger partial charge in [0.1, 0.15) is 5.82 Å². The molecule has 3 heteroatoms. The lowest BCUT2D eigenvalue weighted by Crippen LogP contribution is -2.08. The van der Waals surface area contributed by atoms with E-state index >= 15 is 0 Å². The molecule has 3 nitrogen and oxygen atoms in total. The molecular formula is C13H15N3. The van der Waals surface area contributed by atoms with Crippen molar-refractivity contribution in [1.29, 1.82) is 0 Å². The molecule has 3 rings (SSSR count). The molecule has 0 saturated heterocycles. The Morgan fingerprint density at radius 3 is 2.44 bits per heavy atom. The molecular weight excluding hydrogens is 198 g/mol. The molecule has 16 heavy (non-hydrogen) atoms. The van der Waals surface area contributed by atoms with Crippen molar-refractivity contribution < 1.29 is 0 Å². The van der Waals surface area contributed by atoms with E-state index in [4.69, 9.17) is 0 Å². The van der Waals surface area contributed by atoms with E-state index in [0.717, 1.165) is 28.5 Å². The van der Waals surface area contributed by atoms with Gasteiger partial charge in [-0.15, -0.1) is 0 Å². The van der Waals surface area contributed by atoms with Gasteiger partial charge in [0.25, 0.3) is 0 Å². The molecule has 2 aromatic rings. The molecule has 1 aliphatic rings. The summed E-state index contributed by atoms with van der Waals surface area (Å²) in [6.07, 6.45) is 1.24. The standard InChI is InChI=1S/C13H15N3/c1-8-7-12(8)16-13-9(2)14-10-5-3-4-6-11(10)15-13/h3-6,8,12H,7H2,1-2H3,(H,15,16). The maximum absolute atomic E-state index is 4.62. The van der Waals surface area contributed by atoms with Gasteiger partial charge in [-0.25, -0.2) is 9.97 Å². The largest absolute Gasteiger partial charge is 0.366 e. The number of rotatable bonds is 2. The summed E-state index contributed by atoms with van der Waals surface area (Å²) >= 11 is 0. The number of anilines is 1. The van der Waals surface area contributed by atoms with Crippen molar-refractivity contribution in [2.24, 2.45) is 5.92 Å². The van der Waals surface area contributed by atoms with Crippen LogP contribution in [-0.2, 0) is 0 Å². The normalized spacial score (nSPS) is 23.4. The summed E-state index contributed by atoms with van der Waals surface area (Å²) in [5, 5.41) is 3.45. The Morgan fingerprint density at radius 2 is 1.81 bits per heavy atom. The topological polar surface area (TPSA) is 37.8 Å². The van der Waals surface area contributed by atoms with Crippen LogP contribution in [0.3, 0.4) is 0 Å². The highest BCUT2D eigenvalue weighted by Gasteiger charge is 2.33. The van der Waals surface area contributed by atoms with Crippen molar-refractivity contribution in [3.63, 3.8) is 0 Å². The van der Waals surface area contributed by atoms with Crippen LogP contribution in [0.5, 0.6) is 0 Å². The zero-order valence-corrected chi connectivity index (χ0v) is 9.57. The van der Waals surface area contributed by atoms with E-state index in [2.05, 4.69) is 22.2 Å². The van der Waals surface area contributed by atoms with Gasteiger partial charge in [-0.1, -0.05) is 19.1 Å². The number of aryl methyl sites for hydroxylation is 1. The van der Waals surface area contributed by atoms with E-state index in [1.165, 1.54) is 6.42 Å². The van der Waals surface area contributed by atoms with Crippen molar-refractivity contribution in [2.75, 3.05) is 5.32 Å². The van der Waals surface area contributed by atoms with Crippen LogP contribution in [0.25, 0.3) is 11.0 Å². The van der Waals surface area contributed by atoms with Crippen LogP contribution in [0.4, 0.5) is 5.82 Å². The van der Waals surface area contributed by atoms with Gasteiger partial charge < -0.3 is 5.32 Å². The fourth-order valence-corrected chi connectivity index (χ4v) is 1.92. The third kappa shape index (κ3) is 1.62. The van der Waals surface area contributed by atoms with Crippen LogP contribution in [0, 0.1) is 12.8 Å². The quantitative estimate of drug-likeness (QED) is 0.833. The summed E-state index contributed by atoms with van der Waals surface area (Å²) in [5.41, 5.74) is 2.91. The van der Waals surface area contributed by atoms with Crippen LogP contribution < -0.4 is 5.32 Å². The van der Waals surface area contributed by atoms with Gasteiger partial charge in [0.2, 0.25) is 0 Å². The number of nitrogens with zero attached hydrogens (tertiary/aromatic N) is 2. The number of nitrogens with one attached hydrogen (secondary N) is 1. The minimum absolute atomic E-state index is 0.592. The second-order valence-electron chi connectivity index (χ2n) is 4.61. The van der Waals surface area contributed by atoms with Gasteiger partial charge in [-0.05, 0) is 31.4 Å². The molecule has 2 unspecified atom stereocenters. The monoisotopic (exact) mass is 213 g/mol. The molecule has 82 valence electrons. The molecule has 0 bridgehead atoms. The molecule has 0 amide bonds. The van der Waals surface area contributed by atoms with Crippen LogP contribution in [0.1, 0.15) is 19.0 Å². The number of hydrogen-bond acceptors (Lipinski definition) is 3. The number of para-hydroxylation sites is 2. The third-order valence-corrected chi connectivity index (χ3v) is 3.18. The van der Waals surface area contributed by atoms with E-state index < -0.39 is 0 Å². The Morgan fingerprint density at radius 1 is 1.19 bits per heavy atom. The van der Waals surface area contributed by atoms with E-state index in [-0.39, 0.29) is 0 Å². The summed E-state index contributed by atoms with van der Waals surface area (Å²) < 4.78 is 0. The van der Waals surface area contributed by atoms with Gasteiger partial charge >= 0.3 is 0 Å². The van der Waals surface area contributed by atoms with Crippen molar-refractivity contribution in [1.82, 2.24) is 9.97 Å². The van der Waals surface area contributed by atoms with Crippen molar-refractivity contribution in [3.8, 4) is 0 Å². The van der Waals surface area contributed by atoms with E-state index in [1.807, 2.05) is 31.2 Å². The minimum atomic E-state index is 0.592. The van der Waals surface area contributed by atoms with E-state index in [1.54, 1.807) is 0 Å². The predicted molar refractivity (Wildman–Crippen MR) is 65.5 cm³/mol. The zero-order valence-electron chi connectivity index (χ0n) is 9.57. The van der Waals surface area contributed by atoms with Crippen LogP contribution in [0.2, 0.25) is 0 Å². The molecule has 1 aromatic heterocycles. The summed E-state index contributed by atoms with van der Waals surface area (Å²) in [4.78, 5) is 9.17. The number of hydrogen-bond donors (Lipinski definition) is 1. The molecule has 0 aliphatic heterocycles. The van der Waals surface area contributed by atoms with Crippen molar-refractivity contribution in [3.05, 3.63) is 30.0 Å².